The number of benzene rings is 1. The fourth-order valence-corrected chi connectivity index (χ4v) is 4.69. The van der Waals surface area contributed by atoms with Crippen LogP contribution in [0.2, 0.25) is 5.02 Å². The Bertz CT molecular complexity index is 787. The molecule has 2 amide bonds. The standard InChI is InChI=1S/C19H22ClF2N3O3/c20-13-2-1-11(5-14(13)21)28-7-16(26)24-18-8-19(9-18,10-18)25-17(27)12-3-4-23-6-15(12)22/h1-2,5,12,15,23H,3-4,6-10H2,(H,24,26)(H,25,27). The van der Waals surface area contributed by atoms with Crippen LogP contribution < -0.4 is 20.7 Å². The molecular weight excluding hydrogens is 392 g/mol. The van der Waals surface area contributed by atoms with Gasteiger partial charge in [-0.15, -0.1) is 0 Å². The third kappa shape index (κ3) is 3.67. The molecule has 2 bridgehead atoms. The summed E-state index contributed by atoms with van der Waals surface area (Å²) in [5.74, 6) is -1.53. The minimum Gasteiger partial charge on any atom is -0.484 e. The summed E-state index contributed by atoms with van der Waals surface area (Å²) in [6.07, 6.45) is 1.23. The molecule has 0 spiro atoms. The maximum atomic E-state index is 13.9. The molecule has 0 aromatic heterocycles. The number of rotatable bonds is 6. The third-order valence-electron chi connectivity index (χ3n) is 5.83. The van der Waals surface area contributed by atoms with E-state index in [1.54, 1.807) is 0 Å². The number of carbonyl (C=O) groups is 2. The quantitative estimate of drug-likeness (QED) is 0.663. The predicted molar refractivity (Wildman–Crippen MR) is 98.4 cm³/mol. The van der Waals surface area contributed by atoms with Crippen LogP contribution in [0, 0.1) is 11.7 Å². The molecule has 2 atom stereocenters. The van der Waals surface area contributed by atoms with E-state index in [1.807, 2.05) is 0 Å². The van der Waals surface area contributed by atoms with Gasteiger partial charge in [0.15, 0.2) is 6.61 Å². The SMILES string of the molecule is O=C(COc1ccc(Cl)c(F)c1)NC12CC(NC(=O)C3CCNCC3F)(C1)C2. The van der Waals surface area contributed by atoms with E-state index in [4.69, 9.17) is 16.3 Å². The molecule has 6 nitrogen and oxygen atoms in total. The van der Waals surface area contributed by atoms with E-state index >= 15 is 0 Å². The molecule has 3 saturated carbocycles. The fraction of sp³-hybridized carbons (Fsp3) is 0.579. The van der Waals surface area contributed by atoms with E-state index in [9.17, 15) is 18.4 Å². The molecule has 3 aliphatic carbocycles. The molecule has 0 radical (unpaired) electrons. The molecule has 5 rings (SSSR count). The average molecular weight is 414 g/mol. The molecule has 1 aromatic carbocycles. The number of hydrogen-bond acceptors (Lipinski definition) is 4. The van der Waals surface area contributed by atoms with Crippen molar-refractivity contribution in [1.82, 2.24) is 16.0 Å². The normalized spacial score (nSPS) is 33.2. The minimum atomic E-state index is -1.16. The summed E-state index contributed by atoms with van der Waals surface area (Å²) in [5.41, 5.74) is -0.655. The van der Waals surface area contributed by atoms with Gasteiger partial charge in [-0.3, -0.25) is 9.59 Å². The van der Waals surface area contributed by atoms with Gasteiger partial charge in [-0.2, -0.15) is 0 Å². The van der Waals surface area contributed by atoms with Gasteiger partial charge in [-0.1, -0.05) is 11.6 Å². The lowest BCUT2D eigenvalue weighted by Crippen LogP contribution is -2.84. The Kier molecular flexibility index (Phi) is 4.95. The van der Waals surface area contributed by atoms with Crippen molar-refractivity contribution in [1.29, 1.82) is 0 Å². The average Bonchev–Trinajstić information content (AvgIpc) is 2.60. The number of hydrogen-bond donors (Lipinski definition) is 3. The zero-order chi connectivity index (χ0) is 19.9. The maximum Gasteiger partial charge on any atom is 0.258 e. The predicted octanol–water partition coefficient (Wildman–Crippen LogP) is 1.71. The molecule has 2 unspecified atom stereocenters. The van der Waals surface area contributed by atoms with Crippen molar-refractivity contribution in [2.24, 2.45) is 5.92 Å². The van der Waals surface area contributed by atoms with Crippen LogP contribution in [0.3, 0.4) is 0 Å². The van der Waals surface area contributed by atoms with Crippen LogP contribution in [-0.2, 0) is 9.59 Å². The van der Waals surface area contributed by atoms with Crippen molar-refractivity contribution in [2.45, 2.75) is 42.9 Å². The van der Waals surface area contributed by atoms with Gasteiger partial charge in [-0.25, -0.2) is 8.78 Å². The first-order valence-electron chi connectivity index (χ1n) is 9.36. The highest BCUT2D eigenvalue weighted by molar-refractivity contribution is 6.30. The molecule has 3 N–H and O–H groups in total. The molecular formula is C19H22ClF2N3O3. The van der Waals surface area contributed by atoms with Crippen molar-refractivity contribution in [3.63, 3.8) is 0 Å². The Morgan fingerprint density at radius 1 is 1.25 bits per heavy atom. The molecule has 9 heteroatoms. The van der Waals surface area contributed by atoms with Gasteiger partial charge in [0.2, 0.25) is 5.91 Å². The first kappa shape index (κ1) is 19.4. The fourth-order valence-electron chi connectivity index (χ4n) is 4.57. The van der Waals surface area contributed by atoms with Crippen LogP contribution in [0.4, 0.5) is 8.78 Å². The molecule has 152 valence electrons. The first-order valence-corrected chi connectivity index (χ1v) is 9.73. The molecule has 1 heterocycles. The Morgan fingerprint density at radius 2 is 1.96 bits per heavy atom. The molecule has 28 heavy (non-hydrogen) atoms. The van der Waals surface area contributed by atoms with Crippen molar-refractivity contribution in [3.8, 4) is 5.75 Å². The summed E-state index contributed by atoms with van der Waals surface area (Å²) in [5, 5.41) is 8.83. The summed E-state index contributed by atoms with van der Waals surface area (Å²) in [6, 6.07) is 3.98. The number of amides is 2. The second-order valence-corrected chi connectivity index (χ2v) is 8.52. The van der Waals surface area contributed by atoms with Crippen molar-refractivity contribution < 1.29 is 23.1 Å². The van der Waals surface area contributed by atoms with Crippen molar-refractivity contribution in [3.05, 3.63) is 29.0 Å². The molecule has 4 aliphatic rings. The Labute approximate surface area is 166 Å². The highest BCUT2D eigenvalue weighted by Gasteiger charge is 2.69. The molecule has 4 fully saturated rings. The zero-order valence-electron chi connectivity index (χ0n) is 15.2. The lowest BCUT2D eigenvalue weighted by atomic mass is 9.44. The van der Waals surface area contributed by atoms with Crippen LogP contribution in [0.1, 0.15) is 25.7 Å². The summed E-state index contributed by atoms with van der Waals surface area (Å²) < 4.78 is 32.6. The number of nitrogens with one attached hydrogen (secondary N) is 3. The maximum absolute atomic E-state index is 13.9. The monoisotopic (exact) mass is 413 g/mol. The van der Waals surface area contributed by atoms with Gasteiger partial charge in [-0.05, 0) is 44.4 Å². The number of alkyl halides is 1. The van der Waals surface area contributed by atoms with E-state index in [0.29, 0.717) is 32.2 Å². The molecule has 1 saturated heterocycles. The Balaban J connectivity index is 1.21. The largest absolute Gasteiger partial charge is 0.484 e. The van der Waals surface area contributed by atoms with Gasteiger partial charge in [0.1, 0.15) is 17.7 Å². The van der Waals surface area contributed by atoms with Gasteiger partial charge >= 0.3 is 0 Å². The summed E-state index contributed by atoms with van der Waals surface area (Å²) in [4.78, 5) is 24.5. The van der Waals surface area contributed by atoms with E-state index in [2.05, 4.69) is 16.0 Å². The highest BCUT2D eigenvalue weighted by atomic mass is 35.5. The van der Waals surface area contributed by atoms with Crippen LogP contribution in [0.5, 0.6) is 5.75 Å². The lowest BCUT2D eigenvalue weighted by molar-refractivity contribution is -0.153. The highest BCUT2D eigenvalue weighted by Crippen LogP contribution is 2.60. The van der Waals surface area contributed by atoms with Crippen LogP contribution >= 0.6 is 11.6 Å². The number of piperidine rings is 1. The second kappa shape index (κ2) is 7.15. The van der Waals surface area contributed by atoms with E-state index < -0.39 is 17.9 Å². The second-order valence-electron chi connectivity index (χ2n) is 8.11. The van der Waals surface area contributed by atoms with E-state index in [1.165, 1.54) is 12.1 Å². The van der Waals surface area contributed by atoms with Crippen LogP contribution in [0.15, 0.2) is 18.2 Å². The van der Waals surface area contributed by atoms with Crippen LogP contribution in [-0.4, -0.2) is 48.8 Å². The van der Waals surface area contributed by atoms with Crippen molar-refractivity contribution >= 4 is 23.4 Å². The molecule has 1 aliphatic heterocycles. The van der Waals surface area contributed by atoms with E-state index in [0.717, 1.165) is 6.07 Å². The first-order chi connectivity index (χ1) is 13.3. The van der Waals surface area contributed by atoms with Crippen LogP contribution in [0.25, 0.3) is 0 Å². The van der Waals surface area contributed by atoms with Gasteiger partial charge in [0.25, 0.3) is 5.91 Å². The number of ether oxygens (including phenoxy) is 1. The smallest absolute Gasteiger partial charge is 0.258 e. The zero-order valence-corrected chi connectivity index (χ0v) is 16.0. The van der Waals surface area contributed by atoms with E-state index in [-0.39, 0.29) is 46.8 Å². The summed E-state index contributed by atoms with van der Waals surface area (Å²) >= 11 is 5.61. The number of carbonyl (C=O) groups excluding carboxylic acids is 2. The summed E-state index contributed by atoms with van der Waals surface area (Å²) in [7, 11) is 0. The topological polar surface area (TPSA) is 79.5 Å². The summed E-state index contributed by atoms with van der Waals surface area (Å²) in [6.45, 7) is 0.617. The Morgan fingerprint density at radius 3 is 2.64 bits per heavy atom. The number of halogens is 3. The minimum absolute atomic E-state index is 0.0124. The third-order valence-corrected chi connectivity index (χ3v) is 6.14. The van der Waals surface area contributed by atoms with Gasteiger partial charge < -0.3 is 20.7 Å². The Hall–Kier alpha value is -1.93. The van der Waals surface area contributed by atoms with Gasteiger partial charge in [0, 0.05) is 23.7 Å². The lowest BCUT2D eigenvalue weighted by Gasteiger charge is -2.70. The van der Waals surface area contributed by atoms with Gasteiger partial charge in [0.05, 0.1) is 10.9 Å². The molecule has 1 aromatic rings. The van der Waals surface area contributed by atoms with Crippen molar-refractivity contribution in [2.75, 3.05) is 19.7 Å².